The molecule has 204 valence electrons. The number of hydrogen-bond donors (Lipinski definition) is 0. The van der Waals surface area contributed by atoms with Gasteiger partial charge in [0.25, 0.3) is 0 Å². The van der Waals surface area contributed by atoms with Gasteiger partial charge >= 0.3 is 0 Å². The fourth-order valence-corrected chi connectivity index (χ4v) is 6.62. The van der Waals surface area contributed by atoms with Crippen LogP contribution in [0.25, 0.3) is 88.0 Å². The van der Waals surface area contributed by atoms with E-state index in [1.54, 1.807) is 0 Å². The molecule has 0 saturated heterocycles. The maximum absolute atomic E-state index is 5.19. The van der Waals surface area contributed by atoms with Crippen LogP contribution in [0.2, 0.25) is 0 Å². The van der Waals surface area contributed by atoms with E-state index in [-0.39, 0.29) is 0 Å². The first-order valence-electron chi connectivity index (χ1n) is 14.9. The Kier molecular flexibility index (Phi) is 5.50. The van der Waals surface area contributed by atoms with E-state index in [1.807, 2.05) is 18.2 Å². The highest BCUT2D eigenvalue weighted by Crippen LogP contribution is 2.37. The van der Waals surface area contributed by atoms with Gasteiger partial charge in [-0.05, 0) is 53.9 Å². The van der Waals surface area contributed by atoms with Crippen molar-refractivity contribution in [1.29, 1.82) is 0 Å². The number of aromatic nitrogens is 3. The maximum atomic E-state index is 5.19. The minimum absolute atomic E-state index is 0.659. The molecule has 0 fully saturated rings. The van der Waals surface area contributed by atoms with Crippen molar-refractivity contribution in [3.05, 3.63) is 152 Å². The van der Waals surface area contributed by atoms with Crippen molar-refractivity contribution in [3.8, 4) is 34.2 Å². The fraction of sp³-hybridized carbons (Fsp3) is 0. The second-order valence-electron chi connectivity index (χ2n) is 11.2. The largest absolute Gasteiger partial charge is 0.208 e. The van der Waals surface area contributed by atoms with E-state index in [2.05, 4.69) is 133 Å². The summed E-state index contributed by atoms with van der Waals surface area (Å²) < 4.78 is 0. The topological polar surface area (TPSA) is 38.7 Å². The first kappa shape index (κ1) is 24.6. The summed E-state index contributed by atoms with van der Waals surface area (Å²) in [6, 6.07) is 53.4. The zero-order valence-electron chi connectivity index (χ0n) is 23.8. The monoisotopic (exact) mass is 559 g/mol. The van der Waals surface area contributed by atoms with Crippen LogP contribution in [0.15, 0.2) is 152 Å². The third-order valence-electron chi connectivity index (χ3n) is 8.72. The van der Waals surface area contributed by atoms with E-state index in [1.165, 1.54) is 43.1 Å². The SMILES string of the molecule is c1ccc(-c2nc(-c3cccc4c3ccc3ccccc34)nc(-c3cccc4c3ccc3c5ccccc5ccc43)n2)cc1. The Balaban J connectivity index is 1.32. The average molecular weight is 560 g/mol. The van der Waals surface area contributed by atoms with Crippen molar-refractivity contribution in [1.82, 2.24) is 15.0 Å². The van der Waals surface area contributed by atoms with E-state index in [0.29, 0.717) is 17.5 Å². The highest BCUT2D eigenvalue weighted by Gasteiger charge is 2.17. The van der Waals surface area contributed by atoms with Gasteiger partial charge in [0.1, 0.15) is 0 Å². The molecule has 0 aliphatic rings. The van der Waals surface area contributed by atoms with Crippen LogP contribution in [-0.4, -0.2) is 15.0 Å². The van der Waals surface area contributed by atoms with Gasteiger partial charge in [-0.1, -0.05) is 152 Å². The summed E-state index contributed by atoms with van der Waals surface area (Å²) in [6.45, 7) is 0. The molecular weight excluding hydrogens is 534 g/mol. The normalized spacial score (nSPS) is 11.6. The van der Waals surface area contributed by atoms with Gasteiger partial charge in [-0.2, -0.15) is 0 Å². The van der Waals surface area contributed by atoms with Crippen molar-refractivity contribution in [2.75, 3.05) is 0 Å². The summed E-state index contributed by atoms with van der Waals surface area (Å²) in [7, 11) is 0. The van der Waals surface area contributed by atoms with Crippen LogP contribution in [-0.2, 0) is 0 Å². The molecule has 0 aliphatic carbocycles. The third-order valence-corrected chi connectivity index (χ3v) is 8.72. The summed E-state index contributed by atoms with van der Waals surface area (Å²) in [5.41, 5.74) is 2.94. The molecule has 0 radical (unpaired) electrons. The van der Waals surface area contributed by atoms with Gasteiger partial charge < -0.3 is 0 Å². The number of benzene rings is 8. The number of rotatable bonds is 3. The van der Waals surface area contributed by atoms with Gasteiger partial charge in [-0.15, -0.1) is 0 Å². The van der Waals surface area contributed by atoms with Crippen molar-refractivity contribution >= 4 is 53.9 Å². The van der Waals surface area contributed by atoms with Gasteiger partial charge in [0.15, 0.2) is 17.5 Å². The Bertz CT molecular complexity index is 2550. The Morgan fingerprint density at radius 2 is 0.659 bits per heavy atom. The first-order valence-corrected chi connectivity index (χ1v) is 14.9. The van der Waals surface area contributed by atoms with Gasteiger partial charge in [0, 0.05) is 16.7 Å². The number of nitrogens with zero attached hydrogens (tertiary/aromatic N) is 3. The van der Waals surface area contributed by atoms with Gasteiger partial charge in [0.05, 0.1) is 0 Å². The highest BCUT2D eigenvalue weighted by molar-refractivity contribution is 6.19. The van der Waals surface area contributed by atoms with Crippen molar-refractivity contribution in [2.45, 2.75) is 0 Å². The number of hydrogen-bond acceptors (Lipinski definition) is 3. The quantitative estimate of drug-likeness (QED) is 0.202. The van der Waals surface area contributed by atoms with E-state index in [4.69, 9.17) is 15.0 Å². The van der Waals surface area contributed by atoms with Crippen LogP contribution in [0.1, 0.15) is 0 Å². The average Bonchev–Trinajstić information content (AvgIpc) is 3.11. The Hall–Kier alpha value is -5.93. The summed E-state index contributed by atoms with van der Waals surface area (Å²) >= 11 is 0. The van der Waals surface area contributed by atoms with Gasteiger partial charge in [-0.3, -0.25) is 0 Å². The molecule has 9 rings (SSSR count). The van der Waals surface area contributed by atoms with Crippen LogP contribution in [0.3, 0.4) is 0 Å². The summed E-state index contributed by atoms with van der Waals surface area (Å²) in [5.74, 6) is 1.99. The predicted molar refractivity (Wildman–Crippen MR) is 184 cm³/mol. The summed E-state index contributed by atoms with van der Waals surface area (Å²) in [5, 5.41) is 12.0. The molecule has 9 aromatic rings. The molecule has 3 nitrogen and oxygen atoms in total. The number of fused-ring (bicyclic) bond motifs is 8. The molecule has 0 saturated carbocycles. The molecular formula is C41H25N3. The van der Waals surface area contributed by atoms with E-state index < -0.39 is 0 Å². The second kappa shape index (κ2) is 9.82. The Morgan fingerprint density at radius 3 is 1.30 bits per heavy atom. The van der Waals surface area contributed by atoms with Crippen LogP contribution in [0.5, 0.6) is 0 Å². The zero-order valence-corrected chi connectivity index (χ0v) is 23.8. The molecule has 1 aromatic heterocycles. The van der Waals surface area contributed by atoms with Gasteiger partial charge in [-0.25, -0.2) is 15.0 Å². The zero-order chi connectivity index (χ0) is 29.0. The second-order valence-corrected chi connectivity index (χ2v) is 11.2. The molecule has 44 heavy (non-hydrogen) atoms. The van der Waals surface area contributed by atoms with Crippen LogP contribution < -0.4 is 0 Å². The molecule has 0 aliphatic heterocycles. The Labute approximate surface area is 254 Å². The first-order chi connectivity index (χ1) is 21.8. The minimum atomic E-state index is 0.659. The predicted octanol–water partition coefficient (Wildman–Crippen LogP) is 10.6. The lowest BCUT2D eigenvalue weighted by Crippen LogP contribution is -2.01. The minimum Gasteiger partial charge on any atom is -0.208 e. The molecule has 0 atom stereocenters. The molecule has 0 unspecified atom stereocenters. The maximum Gasteiger partial charge on any atom is 0.164 e. The van der Waals surface area contributed by atoms with Crippen LogP contribution >= 0.6 is 0 Å². The third kappa shape index (κ3) is 3.87. The standard InChI is InChI=1S/C41H25N3/c1-2-12-28(13-3-1)39-42-40(37-18-8-16-31-29-14-6-4-10-26(29)21-23-35(31)37)44-41(43-39)38-19-9-17-32-34-22-20-27-11-5-7-15-30(27)33(34)24-25-36(32)38/h1-25H. The molecule has 8 aromatic carbocycles. The van der Waals surface area contributed by atoms with Crippen molar-refractivity contribution in [2.24, 2.45) is 0 Å². The van der Waals surface area contributed by atoms with Crippen molar-refractivity contribution in [3.63, 3.8) is 0 Å². The Morgan fingerprint density at radius 1 is 0.250 bits per heavy atom. The van der Waals surface area contributed by atoms with E-state index in [9.17, 15) is 0 Å². The lowest BCUT2D eigenvalue weighted by Gasteiger charge is -2.13. The van der Waals surface area contributed by atoms with Gasteiger partial charge in [0.2, 0.25) is 0 Å². The smallest absolute Gasteiger partial charge is 0.164 e. The van der Waals surface area contributed by atoms with E-state index >= 15 is 0 Å². The summed E-state index contributed by atoms with van der Waals surface area (Å²) in [4.78, 5) is 15.3. The lowest BCUT2D eigenvalue weighted by molar-refractivity contribution is 1.08. The molecule has 0 N–H and O–H groups in total. The van der Waals surface area contributed by atoms with E-state index in [0.717, 1.165) is 27.5 Å². The fourth-order valence-electron chi connectivity index (χ4n) is 6.62. The molecule has 0 bridgehead atoms. The summed E-state index contributed by atoms with van der Waals surface area (Å²) in [6.07, 6.45) is 0. The molecule has 0 amide bonds. The molecule has 1 heterocycles. The van der Waals surface area contributed by atoms with Crippen molar-refractivity contribution < 1.29 is 0 Å². The molecule has 0 spiro atoms. The highest BCUT2D eigenvalue weighted by atomic mass is 15.0. The lowest BCUT2D eigenvalue weighted by atomic mass is 9.95. The van der Waals surface area contributed by atoms with Crippen LogP contribution in [0.4, 0.5) is 0 Å². The van der Waals surface area contributed by atoms with Crippen LogP contribution in [0, 0.1) is 0 Å². The molecule has 3 heteroatoms.